The van der Waals surface area contributed by atoms with Gasteiger partial charge in [-0.1, -0.05) is 26.7 Å². The summed E-state index contributed by atoms with van der Waals surface area (Å²) in [6, 6.07) is 0. The fraction of sp³-hybridized carbons (Fsp3) is 0.800. The number of hydrogen-bond acceptors (Lipinski definition) is 5. The summed E-state index contributed by atoms with van der Waals surface area (Å²) in [6.07, 6.45) is 0.485. The monoisotopic (exact) mass is 282 g/mol. The molecule has 0 bridgehead atoms. The van der Waals surface area contributed by atoms with Gasteiger partial charge in [-0.3, -0.25) is 14.1 Å². The van der Waals surface area contributed by atoms with Crippen molar-refractivity contribution >= 4 is 22.1 Å². The molecule has 0 aromatic heterocycles. The lowest BCUT2D eigenvalue weighted by Gasteiger charge is -2.15. The minimum absolute atomic E-state index is 0.0114. The van der Waals surface area contributed by atoms with Crippen LogP contribution in [0.5, 0.6) is 0 Å². The smallest absolute Gasteiger partial charge is 0.327 e. The van der Waals surface area contributed by atoms with E-state index in [4.69, 9.17) is 14.4 Å². The SMILES string of the molecule is CCC(CC)COC(=O)C(CC(=O)O)S(=O)(=O)O. The Hall–Kier alpha value is -1.15. The maximum atomic E-state index is 11.4. The highest BCUT2D eigenvalue weighted by Crippen LogP contribution is 2.11. The van der Waals surface area contributed by atoms with Crippen molar-refractivity contribution in [2.75, 3.05) is 6.61 Å². The molecule has 18 heavy (non-hydrogen) atoms. The van der Waals surface area contributed by atoms with E-state index in [1.54, 1.807) is 0 Å². The molecule has 8 heteroatoms. The second-order valence-corrected chi connectivity index (χ2v) is 5.51. The normalized spacial score (nSPS) is 13.3. The maximum Gasteiger partial charge on any atom is 0.327 e. The zero-order chi connectivity index (χ0) is 14.3. The number of carbonyl (C=O) groups is 2. The number of carboxylic acid groups (broad SMARTS) is 1. The second kappa shape index (κ2) is 7.32. The molecule has 0 radical (unpaired) electrons. The summed E-state index contributed by atoms with van der Waals surface area (Å²) in [5.41, 5.74) is 0. The molecule has 1 unspecified atom stereocenters. The standard InChI is InChI=1S/C10H18O7S/c1-3-7(4-2)6-17-10(13)8(5-9(11)12)18(14,15)16/h7-8H,3-6H2,1-2H3,(H,11,12)(H,14,15,16). The highest BCUT2D eigenvalue weighted by Gasteiger charge is 2.35. The van der Waals surface area contributed by atoms with Crippen molar-refractivity contribution in [3.05, 3.63) is 0 Å². The van der Waals surface area contributed by atoms with E-state index in [1.807, 2.05) is 13.8 Å². The van der Waals surface area contributed by atoms with Gasteiger partial charge in [0.2, 0.25) is 0 Å². The zero-order valence-electron chi connectivity index (χ0n) is 10.3. The van der Waals surface area contributed by atoms with Gasteiger partial charge in [-0.15, -0.1) is 0 Å². The molecule has 0 saturated carbocycles. The quantitative estimate of drug-likeness (QED) is 0.496. The Morgan fingerprint density at radius 3 is 2.06 bits per heavy atom. The Labute approximate surface area is 106 Å². The van der Waals surface area contributed by atoms with Crippen molar-refractivity contribution in [3.8, 4) is 0 Å². The van der Waals surface area contributed by atoms with Crippen LogP contribution in [0, 0.1) is 5.92 Å². The molecule has 0 heterocycles. The Bertz CT molecular complexity index is 383. The molecule has 0 rings (SSSR count). The average Bonchev–Trinajstić information content (AvgIpc) is 2.25. The van der Waals surface area contributed by atoms with Gasteiger partial charge in [0, 0.05) is 0 Å². The van der Waals surface area contributed by atoms with E-state index in [9.17, 15) is 18.0 Å². The summed E-state index contributed by atoms with van der Waals surface area (Å²) in [5.74, 6) is -2.65. The van der Waals surface area contributed by atoms with Crippen molar-refractivity contribution in [3.63, 3.8) is 0 Å². The van der Waals surface area contributed by atoms with Crippen LogP contribution in [0.2, 0.25) is 0 Å². The molecule has 0 aliphatic rings. The molecule has 0 aromatic rings. The lowest BCUT2D eigenvalue weighted by Crippen LogP contribution is -2.34. The number of carbonyl (C=O) groups excluding carboxylic acids is 1. The summed E-state index contributed by atoms with van der Waals surface area (Å²) in [5, 5.41) is 6.42. The van der Waals surface area contributed by atoms with E-state index in [0.29, 0.717) is 0 Å². The van der Waals surface area contributed by atoms with Crippen LogP contribution in [0.3, 0.4) is 0 Å². The summed E-state index contributed by atoms with van der Waals surface area (Å²) in [4.78, 5) is 21.9. The van der Waals surface area contributed by atoms with Gasteiger partial charge in [0.25, 0.3) is 10.1 Å². The first-order chi connectivity index (χ1) is 8.22. The minimum atomic E-state index is -4.78. The van der Waals surface area contributed by atoms with Crippen LogP contribution in [0.4, 0.5) is 0 Å². The molecule has 0 aliphatic carbocycles. The molecule has 0 aromatic carbocycles. The number of hydrogen-bond donors (Lipinski definition) is 2. The van der Waals surface area contributed by atoms with Crippen LogP contribution in [0.1, 0.15) is 33.1 Å². The van der Waals surface area contributed by atoms with E-state index in [0.717, 1.165) is 12.8 Å². The molecule has 1 atom stereocenters. The summed E-state index contributed by atoms with van der Waals surface area (Å²) in [6.45, 7) is 3.79. The number of ether oxygens (including phenoxy) is 1. The van der Waals surface area contributed by atoms with Gasteiger partial charge in [0.15, 0.2) is 5.25 Å². The van der Waals surface area contributed by atoms with E-state index >= 15 is 0 Å². The van der Waals surface area contributed by atoms with Crippen molar-refractivity contribution in [2.45, 2.75) is 38.4 Å². The van der Waals surface area contributed by atoms with Crippen LogP contribution >= 0.6 is 0 Å². The molecule has 0 saturated heterocycles. The summed E-state index contributed by atoms with van der Waals surface area (Å²) >= 11 is 0. The van der Waals surface area contributed by atoms with Gasteiger partial charge < -0.3 is 9.84 Å². The first-order valence-corrected chi connectivity index (χ1v) is 7.07. The maximum absolute atomic E-state index is 11.4. The number of rotatable bonds is 8. The Morgan fingerprint density at radius 2 is 1.72 bits per heavy atom. The first kappa shape index (κ1) is 16.9. The lowest BCUT2D eigenvalue weighted by molar-refractivity contribution is -0.148. The third-order valence-corrected chi connectivity index (χ3v) is 3.68. The first-order valence-electron chi connectivity index (χ1n) is 5.57. The van der Waals surface area contributed by atoms with Crippen LogP contribution in [-0.4, -0.2) is 41.9 Å². The molecule has 0 amide bonds. The van der Waals surface area contributed by atoms with Crippen LogP contribution < -0.4 is 0 Å². The van der Waals surface area contributed by atoms with Gasteiger partial charge in [-0.2, -0.15) is 8.42 Å². The fourth-order valence-corrected chi connectivity index (χ4v) is 1.95. The van der Waals surface area contributed by atoms with Gasteiger partial charge >= 0.3 is 11.9 Å². The van der Waals surface area contributed by atoms with Gasteiger partial charge in [0.1, 0.15) is 0 Å². The number of aliphatic carboxylic acids is 1. The van der Waals surface area contributed by atoms with Crippen LogP contribution in [0.25, 0.3) is 0 Å². The average molecular weight is 282 g/mol. The fourth-order valence-electron chi connectivity index (χ4n) is 1.29. The highest BCUT2D eigenvalue weighted by molar-refractivity contribution is 7.87. The van der Waals surface area contributed by atoms with E-state index < -0.39 is 33.7 Å². The van der Waals surface area contributed by atoms with Gasteiger partial charge in [0.05, 0.1) is 13.0 Å². The third kappa shape index (κ3) is 5.97. The van der Waals surface area contributed by atoms with Crippen LogP contribution in [-0.2, 0) is 24.4 Å². The molecule has 0 fully saturated rings. The van der Waals surface area contributed by atoms with E-state index in [1.165, 1.54) is 0 Å². The Morgan fingerprint density at radius 1 is 1.22 bits per heavy atom. The van der Waals surface area contributed by atoms with E-state index in [2.05, 4.69) is 0 Å². The molecule has 0 spiro atoms. The van der Waals surface area contributed by atoms with Gasteiger partial charge in [-0.05, 0) is 5.92 Å². The lowest BCUT2D eigenvalue weighted by atomic mass is 10.1. The van der Waals surface area contributed by atoms with Crippen molar-refractivity contribution in [1.29, 1.82) is 0 Å². The summed E-state index contributed by atoms with van der Waals surface area (Å²) in [7, 11) is -4.78. The molecule has 7 nitrogen and oxygen atoms in total. The topological polar surface area (TPSA) is 118 Å². The second-order valence-electron chi connectivity index (χ2n) is 3.91. The largest absolute Gasteiger partial charge is 0.481 e. The predicted molar refractivity (Wildman–Crippen MR) is 62.6 cm³/mol. The van der Waals surface area contributed by atoms with Crippen molar-refractivity contribution < 1.29 is 32.4 Å². The Kier molecular flexibility index (Phi) is 6.85. The molecular formula is C10H18O7S. The minimum Gasteiger partial charge on any atom is -0.481 e. The number of carboxylic acids is 1. The van der Waals surface area contributed by atoms with Crippen LogP contribution in [0.15, 0.2) is 0 Å². The van der Waals surface area contributed by atoms with Gasteiger partial charge in [-0.25, -0.2) is 0 Å². The molecular weight excluding hydrogens is 264 g/mol. The molecule has 106 valence electrons. The third-order valence-electron chi connectivity index (χ3n) is 2.60. The number of esters is 1. The van der Waals surface area contributed by atoms with Crippen molar-refractivity contribution in [2.24, 2.45) is 5.92 Å². The Balaban J connectivity index is 4.63. The zero-order valence-corrected chi connectivity index (χ0v) is 11.1. The van der Waals surface area contributed by atoms with E-state index in [-0.39, 0.29) is 12.5 Å². The predicted octanol–water partition coefficient (Wildman–Crippen LogP) is 0.697. The molecule has 2 N–H and O–H groups in total. The summed E-state index contributed by atoms with van der Waals surface area (Å²) < 4.78 is 35.3. The van der Waals surface area contributed by atoms with Crippen molar-refractivity contribution in [1.82, 2.24) is 0 Å². The highest BCUT2D eigenvalue weighted by atomic mass is 32.2. The molecule has 0 aliphatic heterocycles.